The van der Waals surface area contributed by atoms with Crippen LogP contribution in [0.1, 0.15) is 0 Å². The third-order valence-corrected chi connectivity index (χ3v) is 6.16. The number of β-amino-alcohol motifs (C(OH)–C–C–N with tert-alkyl or cyclic N) is 1. The largest absolute Gasteiger partial charge is 0.391 e. The van der Waals surface area contributed by atoms with Gasteiger partial charge in [-0.1, -0.05) is 22.0 Å². The Morgan fingerprint density at radius 3 is 2.52 bits per heavy atom. The first-order valence-corrected chi connectivity index (χ1v) is 9.42. The van der Waals surface area contributed by atoms with Crippen molar-refractivity contribution in [2.45, 2.75) is 11.0 Å². The summed E-state index contributed by atoms with van der Waals surface area (Å²) in [6.45, 7) is 2.52. The molecule has 5 nitrogen and oxygen atoms in total. The zero-order chi connectivity index (χ0) is 15.5. The topological polar surface area (TPSA) is 60.9 Å². The van der Waals surface area contributed by atoms with Crippen molar-refractivity contribution in [3.63, 3.8) is 0 Å². The number of piperazine rings is 1. The van der Waals surface area contributed by atoms with E-state index in [0.717, 1.165) is 4.47 Å². The summed E-state index contributed by atoms with van der Waals surface area (Å²) in [6.07, 6.45) is -0.570. The molecule has 1 fully saturated rings. The maximum absolute atomic E-state index is 12.5. The standard InChI is InChI=1S/C13H18BrClN2O3S/c14-11-2-1-3-13(8-11)21(19,20)17-6-4-16(5-7-17)10-12(18)9-15/h1-3,8,12,18H,4-7,9-10H2/t12-/m0/s1. The molecule has 1 atom stereocenters. The van der Waals surface area contributed by atoms with Gasteiger partial charge >= 0.3 is 0 Å². The zero-order valence-corrected chi connectivity index (χ0v) is 14.6. The summed E-state index contributed by atoms with van der Waals surface area (Å²) in [7, 11) is -3.45. The number of rotatable bonds is 5. The van der Waals surface area contributed by atoms with Gasteiger partial charge in [0.15, 0.2) is 0 Å². The lowest BCUT2D eigenvalue weighted by atomic mass is 10.3. The maximum atomic E-state index is 12.5. The lowest BCUT2D eigenvalue weighted by molar-refractivity contribution is 0.105. The lowest BCUT2D eigenvalue weighted by Crippen LogP contribution is -2.50. The Kier molecular flexibility index (Phi) is 6.05. The molecule has 0 radical (unpaired) electrons. The molecular formula is C13H18BrClN2O3S. The molecule has 1 aromatic carbocycles. The van der Waals surface area contributed by atoms with E-state index in [0.29, 0.717) is 37.6 Å². The van der Waals surface area contributed by atoms with E-state index in [9.17, 15) is 13.5 Å². The summed E-state index contributed by atoms with van der Waals surface area (Å²) in [6, 6.07) is 6.72. The van der Waals surface area contributed by atoms with Crippen LogP contribution in [0.4, 0.5) is 0 Å². The van der Waals surface area contributed by atoms with Gasteiger partial charge < -0.3 is 5.11 Å². The number of hydrogen-bond acceptors (Lipinski definition) is 4. The average Bonchev–Trinajstić information content (AvgIpc) is 2.47. The second-order valence-electron chi connectivity index (χ2n) is 4.97. The average molecular weight is 398 g/mol. The summed E-state index contributed by atoms with van der Waals surface area (Å²) in [5, 5.41) is 9.53. The van der Waals surface area contributed by atoms with Crippen LogP contribution in [-0.4, -0.2) is 67.4 Å². The molecular weight excluding hydrogens is 380 g/mol. The van der Waals surface area contributed by atoms with Gasteiger partial charge in [0.05, 0.1) is 11.0 Å². The number of alkyl halides is 1. The van der Waals surface area contributed by atoms with Gasteiger partial charge in [-0.2, -0.15) is 4.31 Å². The van der Waals surface area contributed by atoms with Gasteiger partial charge in [0.25, 0.3) is 0 Å². The Morgan fingerprint density at radius 1 is 1.29 bits per heavy atom. The summed E-state index contributed by atoms with van der Waals surface area (Å²) in [4.78, 5) is 2.33. The Morgan fingerprint density at radius 2 is 1.95 bits per heavy atom. The van der Waals surface area contributed by atoms with Crippen LogP contribution >= 0.6 is 27.5 Å². The van der Waals surface area contributed by atoms with E-state index < -0.39 is 16.1 Å². The zero-order valence-electron chi connectivity index (χ0n) is 11.5. The van der Waals surface area contributed by atoms with Crippen molar-refractivity contribution in [2.75, 3.05) is 38.6 Å². The number of sulfonamides is 1. The van der Waals surface area contributed by atoms with E-state index in [1.165, 1.54) is 4.31 Å². The van der Waals surface area contributed by atoms with E-state index in [-0.39, 0.29) is 5.88 Å². The van der Waals surface area contributed by atoms with Gasteiger partial charge in [-0.3, -0.25) is 4.90 Å². The monoisotopic (exact) mass is 396 g/mol. The van der Waals surface area contributed by atoms with Crippen molar-refractivity contribution < 1.29 is 13.5 Å². The smallest absolute Gasteiger partial charge is 0.243 e. The molecule has 2 rings (SSSR count). The highest BCUT2D eigenvalue weighted by molar-refractivity contribution is 9.10. The molecule has 0 spiro atoms. The van der Waals surface area contributed by atoms with E-state index in [1.807, 2.05) is 4.90 Å². The van der Waals surface area contributed by atoms with Gasteiger partial charge in [0.2, 0.25) is 10.0 Å². The molecule has 21 heavy (non-hydrogen) atoms. The fraction of sp³-hybridized carbons (Fsp3) is 0.538. The van der Waals surface area contributed by atoms with Crippen molar-refractivity contribution >= 4 is 37.6 Å². The van der Waals surface area contributed by atoms with E-state index in [1.54, 1.807) is 24.3 Å². The predicted molar refractivity (Wildman–Crippen MR) is 86.1 cm³/mol. The van der Waals surface area contributed by atoms with Crippen LogP contribution in [-0.2, 0) is 10.0 Å². The Hall–Kier alpha value is -0.180. The van der Waals surface area contributed by atoms with E-state index in [4.69, 9.17) is 11.6 Å². The highest BCUT2D eigenvalue weighted by Crippen LogP contribution is 2.21. The van der Waals surface area contributed by atoms with Gasteiger partial charge in [0.1, 0.15) is 0 Å². The van der Waals surface area contributed by atoms with Crippen LogP contribution in [0.15, 0.2) is 33.6 Å². The van der Waals surface area contributed by atoms with Crippen molar-refractivity contribution in [1.82, 2.24) is 9.21 Å². The van der Waals surface area contributed by atoms with Crippen molar-refractivity contribution in [3.8, 4) is 0 Å². The molecule has 1 aromatic rings. The van der Waals surface area contributed by atoms with E-state index in [2.05, 4.69) is 15.9 Å². The first kappa shape index (κ1) is 17.2. The third-order valence-electron chi connectivity index (χ3n) is 3.41. The summed E-state index contributed by atoms with van der Waals surface area (Å²) < 4.78 is 27.3. The fourth-order valence-corrected chi connectivity index (χ4v) is 4.39. The Labute approximate surface area is 138 Å². The van der Waals surface area contributed by atoms with Crippen LogP contribution in [0.3, 0.4) is 0 Å². The maximum Gasteiger partial charge on any atom is 0.243 e. The molecule has 1 heterocycles. The second-order valence-corrected chi connectivity index (χ2v) is 8.13. The quantitative estimate of drug-likeness (QED) is 0.762. The molecule has 1 N–H and O–H groups in total. The van der Waals surface area contributed by atoms with Gasteiger partial charge in [0, 0.05) is 43.1 Å². The molecule has 0 saturated carbocycles. The molecule has 0 aliphatic carbocycles. The van der Waals surface area contributed by atoms with Gasteiger partial charge in [-0.05, 0) is 18.2 Å². The molecule has 0 amide bonds. The number of hydrogen-bond donors (Lipinski definition) is 1. The highest BCUT2D eigenvalue weighted by atomic mass is 79.9. The highest BCUT2D eigenvalue weighted by Gasteiger charge is 2.28. The lowest BCUT2D eigenvalue weighted by Gasteiger charge is -2.34. The van der Waals surface area contributed by atoms with E-state index >= 15 is 0 Å². The molecule has 1 saturated heterocycles. The normalized spacial score (nSPS) is 19.6. The van der Waals surface area contributed by atoms with Gasteiger partial charge in [-0.25, -0.2) is 8.42 Å². The minimum atomic E-state index is -3.45. The number of aliphatic hydroxyl groups is 1. The van der Waals surface area contributed by atoms with Crippen molar-refractivity contribution in [3.05, 3.63) is 28.7 Å². The first-order valence-electron chi connectivity index (χ1n) is 6.65. The van der Waals surface area contributed by atoms with Crippen LogP contribution in [0, 0.1) is 0 Å². The summed E-state index contributed by atoms with van der Waals surface area (Å²) in [5.74, 6) is 0.191. The molecule has 1 aliphatic heterocycles. The SMILES string of the molecule is O=S(=O)(c1cccc(Br)c1)N1CCN(C[C@@H](O)CCl)CC1. The molecule has 0 unspecified atom stereocenters. The van der Waals surface area contributed by atoms with Crippen molar-refractivity contribution in [2.24, 2.45) is 0 Å². The first-order chi connectivity index (χ1) is 9.93. The fourth-order valence-electron chi connectivity index (χ4n) is 2.28. The molecule has 0 aromatic heterocycles. The second kappa shape index (κ2) is 7.39. The van der Waals surface area contributed by atoms with Crippen LogP contribution in [0.5, 0.6) is 0 Å². The number of halogens is 2. The summed E-state index contributed by atoms with van der Waals surface area (Å²) in [5.41, 5.74) is 0. The number of aliphatic hydroxyl groups excluding tert-OH is 1. The number of nitrogens with zero attached hydrogens (tertiary/aromatic N) is 2. The summed E-state index contributed by atoms with van der Waals surface area (Å²) >= 11 is 8.87. The Balaban J connectivity index is 2.01. The molecule has 1 aliphatic rings. The van der Waals surface area contributed by atoms with Crippen LogP contribution in [0.2, 0.25) is 0 Å². The van der Waals surface area contributed by atoms with Crippen LogP contribution < -0.4 is 0 Å². The van der Waals surface area contributed by atoms with Crippen molar-refractivity contribution in [1.29, 1.82) is 0 Å². The minimum Gasteiger partial charge on any atom is -0.391 e. The number of benzene rings is 1. The molecule has 8 heteroatoms. The van der Waals surface area contributed by atoms with Gasteiger partial charge in [-0.15, -0.1) is 11.6 Å². The molecule has 0 bridgehead atoms. The Bertz CT molecular complexity index is 577. The van der Waals surface area contributed by atoms with Crippen LogP contribution in [0.25, 0.3) is 0 Å². The molecule has 118 valence electrons. The predicted octanol–water partition coefficient (Wildman–Crippen LogP) is 1.36. The third kappa shape index (κ3) is 4.40. The minimum absolute atomic E-state index is 0.191.